The maximum Gasteiger partial charge on any atom is 0.335 e. The number of thioether (sulfide) groups is 1. The molecule has 1 aliphatic heterocycles. The van der Waals surface area contributed by atoms with Crippen LogP contribution in [0.3, 0.4) is 0 Å². The summed E-state index contributed by atoms with van der Waals surface area (Å²) in [5.74, 6) is -0.150. The van der Waals surface area contributed by atoms with Crippen LogP contribution in [0.25, 0.3) is 5.57 Å². The Bertz CT molecular complexity index is 874. The number of carboxylic acids is 1. The van der Waals surface area contributed by atoms with Gasteiger partial charge in [-0.3, -0.25) is 14.9 Å². The van der Waals surface area contributed by atoms with Crippen molar-refractivity contribution in [2.45, 2.75) is 11.7 Å². The highest BCUT2D eigenvalue weighted by Crippen LogP contribution is 2.26. The maximum absolute atomic E-state index is 11.6. The van der Waals surface area contributed by atoms with E-state index in [-0.39, 0.29) is 16.7 Å². The lowest BCUT2D eigenvalue weighted by atomic mass is 10.1. The summed E-state index contributed by atoms with van der Waals surface area (Å²) >= 11 is 1.00. The molecule has 0 spiro atoms. The van der Waals surface area contributed by atoms with Crippen molar-refractivity contribution in [1.29, 1.82) is 0 Å². The maximum atomic E-state index is 11.6. The zero-order valence-electron chi connectivity index (χ0n) is 13.6. The van der Waals surface area contributed by atoms with Crippen LogP contribution in [0.1, 0.15) is 11.1 Å². The lowest BCUT2D eigenvalue weighted by Gasteiger charge is -2.09. The van der Waals surface area contributed by atoms with Gasteiger partial charge in [-0.1, -0.05) is 42.6 Å². The van der Waals surface area contributed by atoms with E-state index in [1.165, 1.54) is 0 Å². The molecule has 6 nitrogen and oxygen atoms in total. The van der Waals surface area contributed by atoms with Crippen LogP contribution in [0.2, 0.25) is 0 Å². The second kappa shape index (κ2) is 7.45. The summed E-state index contributed by atoms with van der Waals surface area (Å²) in [6.45, 7) is 3.51. The average molecular weight is 369 g/mol. The van der Waals surface area contributed by atoms with E-state index in [0.29, 0.717) is 23.5 Å². The Morgan fingerprint density at radius 1 is 1.08 bits per heavy atom. The third-order valence-corrected chi connectivity index (χ3v) is 4.79. The van der Waals surface area contributed by atoms with Gasteiger partial charge in [-0.2, -0.15) is 0 Å². The normalized spacial score (nSPS) is 16.2. The van der Waals surface area contributed by atoms with E-state index in [1.807, 2.05) is 12.1 Å². The van der Waals surface area contributed by atoms with Gasteiger partial charge in [0.2, 0.25) is 5.91 Å². The second-order valence-corrected chi connectivity index (χ2v) is 6.82. The van der Waals surface area contributed by atoms with Crippen molar-refractivity contribution < 1.29 is 24.2 Å². The van der Waals surface area contributed by atoms with Crippen LogP contribution in [-0.4, -0.2) is 27.5 Å². The molecule has 1 unspecified atom stereocenters. The minimum atomic E-state index is -1.06. The summed E-state index contributed by atoms with van der Waals surface area (Å²) < 4.78 is 5.72. The third-order valence-electron chi connectivity index (χ3n) is 3.81. The van der Waals surface area contributed by atoms with E-state index < -0.39 is 11.2 Å². The zero-order valence-corrected chi connectivity index (χ0v) is 14.4. The van der Waals surface area contributed by atoms with Crippen LogP contribution in [0, 0.1) is 0 Å². The molecule has 1 aliphatic rings. The van der Waals surface area contributed by atoms with E-state index >= 15 is 0 Å². The molecule has 0 aliphatic carbocycles. The molecule has 0 bridgehead atoms. The number of hydrogen-bond acceptors (Lipinski definition) is 5. The predicted molar refractivity (Wildman–Crippen MR) is 98.2 cm³/mol. The second-order valence-electron chi connectivity index (χ2n) is 5.64. The van der Waals surface area contributed by atoms with Crippen molar-refractivity contribution in [3.8, 4) is 11.5 Å². The van der Waals surface area contributed by atoms with Gasteiger partial charge in [0, 0.05) is 0 Å². The fourth-order valence-corrected chi connectivity index (χ4v) is 3.28. The fourth-order valence-electron chi connectivity index (χ4n) is 2.42. The third kappa shape index (κ3) is 4.12. The van der Waals surface area contributed by atoms with Gasteiger partial charge >= 0.3 is 5.97 Å². The minimum absolute atomic E-state index is 0.0215. The van der Waals surface area contributed by atoms with Gasteiger partial charge in [0.1, 0.15) is 11.5 Å². The van der Waals surface area contributed by atoms with E-state index in [0.717, 1.165) is 17.3 Å². The number of ether oxygens (including phenoxy) is 1. The first-order valence-electron chi connectivity index (χ1n) is 7.73. The molecule has 2 aromatic rings. The highest BCUT2D eigenvalue weighted by Gasteiger charge is 2.31. The molecule has 1 heterocycles. The minimum Gasteiger partial charge on any atom is -0.478 e. The number of rotatable bonds is 6. The van der Waals surface area contributed by atoms with Crippen LogP contribution < -0.4 is 10.1 Å². The van der Waals surface area contributed by atoms with Crippen LogP contribution in [0.4, 0.5) is 4.79 Å². The lowest BCUT2D eigenvalue weighted by molar-refractivity contribution is -0.130. The Hall–Kier alpha value is -3.06. The van der Waals surface area contributed by atoms with Gasteiger partial charge in [-0.05, 0) is 41.8 Å². The summed E-state index contributed by atoms with van der Waals surface area (Å²) in [6, 6.07) is 13.8. The molecule has 0 radical (unpaired) electrons. The Kier molecular flexibility index (Phi) is 5.09. The van der Waals surface area contributed by atoms with Crippen molar-refractivity contribution in [3.05, 3.63) is 66.2 Å². The molecule has 26 heavy (non-hydrogen) atoms. The van der Waals surface area contributed by atoms with Gasteiger partial charge in [-0.15, -0.1) is 0 Å². The number of imide groups is 1. The first-order valence-corrected chi connectivity index (χ1v) is 8.61. The molecular formula is C19H15NO5S. The molecule has 0 saturated carbocycles. The monoisotopic (exact) mass is 369 g/mol. The van der Waals surface area contributed by atoms with Gasteiger partial charge in [-0.25, -0.2) is 4.79 Å². The first-order chi connectivity index (χ1) is 12.4. The molecule has 1 saturated heterocycles. The van der Waals surface area contributed by atoms with E-state index in [1.54, 1.807) is 36.4 Å². The highest BCUT2D eigenvalue weighted by atomic mass is 32.2. The summed E-state index contributed by atoms with van der Waals surface area (Å²) in [5, 5.41) is 10.5. The van der Waals surface area contributed by atoms with Crippen molar-refractivity contribution in [1.82, 2.24) is 5.32 Å². The quantitative estimate of drug-likeness (QED) is 0.758. The molecule has 1 atom stereocenters. The Labute approximate surface area is 153 Å². The van der Waals surface area contributed by atoms with Crippen LogP contribution in [-0.2, 0) is 16.0 Å². The molecule has 7 heteroatoms. The number of carbonyl (C=O) groups is 3. The number of amides is 2. The van der Waals surface area contributed by atoms with Crippen LogP contribution in [0.15, 0.2) is 55.1 Å². The number of aliphatic carboxylic acids is 1. The van der Waals surface area contributed by atoms with E-state index in [4.69, 9.17) is 9.84 Å². The number of carbonyl (C=O) groups excluding carboxylic acids is 2. The summed E-state index contributed by atoms with van der Waals surface area (Å²) in [4.78, 5) is 33.7. The van der Waals surface area contributed by atoms with E-state index in [9.17, 15) is 14.4 Å². The van der Waals surface area contributed by atoms with Crippen LogP contribution in [0.5, 0.6) is 11.5 Å². The molecule has 132 valence electrons. The molecule has 0 aromatic heterocycles. The zero-order chi connectivity index (χ0) is 18.7. The van der Waals surface area contributed by atoms with Crippen LogP contribution >= 0.6 is 11.8 Å². The summed E-state index contributed by atoms with van der Waals surface area (Å²) in [5.41, 5.74) is 1.46. The summed E-state index contributed by atoms with van der Waals surface area (Å²) in [7, 11) is 0. The highest BCUT2D eigenvalue weighted by molar-refractivity contribution is 8.15. The van der Waals surface area contributed by atoms with Gasteiger partial charge in [0.25, 0.3) is 5.24 Å². The number of benzene rings is 2. The summed E-state index contributed by atoms with van der Waals surface area (Å²) in [6.07, 6.45) is 0.467. The van der Waals surface area contributed by atoms with Gasteiger partial charge in [0.05, 0.1) is 10.8 Å². The molecular weight excluding hydrogens is 354 g/mol. The first kappa shape index (κ1) is 17.8. The molecule has 2 aromatic carbocycles. The van der Waals surface area contributed by atoms with Crippen molar-refractivity contribution in [2.75, 3.05) is 0 Å². The number of nitrogens with one attached hydrogen (secondary N) is 1. The van der Waals surface area contributed by atoms with Gasteiger partial charge in [0.15, 0.2) is 0 Å². The molecule has 2 amide bonds. The lowest BCUT2D eigenvalue weighted by Crippen LogP contribution is -2.25. The Morgan fingerprint density at radius 3 is 2.15 bits per heavy atom. The standard InChI is InChI=1S/C19H15NO5S/c1-11(18(22)23)13-4-8-15(9-5-13)25-14-6-2-12(3-7-14)10-16-17(21)20-19(24)26-16/h2-9,16H,1,10H2,(H,22,23)(H,20,21,24). The Morgan fingerprint density at radius 2 is 1.65 bits per heavy atom. The number of carboxylic acid groups (broad SMARTS) is 1. The SMILES string of the molecule is C=C(C(=O)O)c1ccc(Oc2ccc(CC3SC(=O)NC3=O)cc2)cc1. The van der Waals surface area contributed by atoms with E-state index in [2.05, 4.69) is 11.9 Å². The smallest absolute Gasteiger partial charge is 0.335 e. The van der Waals surface area contributed by atoms with Crippen molar-refractivity contribution in [3.63, 3.8) is 0 Å². The largest absolute Gasteiger partial charge is 0.478 e. The number of hydrogen-bond donors (Lipinski definition) is 2. The topological polar surface area (TPSA) is 92.7 Å². The predicted octanol–water partition coefficient (Wildman–Crippen LogP) is 3.47. The van der Waals surface area contributed by atoms with Crippen molar-refractivity contribution in [2.24, 2.45) is 0 Å². The molecule has 2 N–H and O–H groups in total. The van der Waals surface area contributed by atoms with Crippen molar-refractivity contribution >= 4 is 34.5 Å². The fraction of sp³-hybridized carbons (Fsp3) is 0.105. The average Bonchev–Trinajstić information content (AvgIpc) is 2.94. The van der Waals surface area contributed by atoms with Gasteiger partial charge < -0.3 is 9.84 Å². The Balaban J connectivity index is 1.62. The molecule has 3 rings (SSSR count). The molecule has 1 fully saturated rings.